The smallest absolute Gasteiger partial charge is 0.348 e. The van der Waals surface area contributed by atoms with Gasteiger partial charge < -0.3 is 16.7 Å². The Kier molecular flexibility index (Phi) is 2.09. The Morgan fingerprint density at radius 3 is 2.40 bits per heavy atom. The first kappa shape index (κ1) is 9.20. The second-order valence-corrected chi connectivity index (χ2v) is 2.97. The summed E-state index contributed by atoms with van der Waals surface area (Å²) in [6, 6.07) is 7.02. The van der Waals surface area contributed by atoms with Crippen molar-refractivity contribution >= 4 is 11.8 Å². The maximum absolute atomic E-state index is 11.1. The van der Waals surface area contributed by atoms with Gasteiger partial charge in [-0.2, -0.15) is 0 Å². The summed E-state index contributed by atoms with van der Waals surface area (Å²) in [6.45, 7) is 0. The lowest BCUT2D eigenvalue weighted by Gasteiger charge is -2.08. The maximum atomic E-state index is 11.1. The SMILES string of the molecule is Nc1cc(-[n+]2ccccc2)nc(N)[n+]1[O-]. The van der Waals surface area contributed by atoms with Crippen LogP contribution in [0.1, 0.15) is 0 Å². The molecule has 76 valence electrons. The molecule has 4 N–H and O–H groups in total. The second kappa shape index (κ2) is 3.41. The highest BCUT2D eigenvalue weighted by atomic mass is 16.5. The van der Waals surface area contributed by atoms with E-state index < -0.39 is 0 Å². The lowest BCUT2D eigenvalue weighted by molar-refractivity contribution is -0.608. The highest BCUT2D eigenvalue weighted by molar-refractivity contribution is 5.31. The van der Waals surface area contributed by atoms with Gasteiger partial charge in [0.2, 0.25) is 0 Å². The predicted octanol–water partition coefficient (Wildman–Crippen LogP) is -0.844. The van der Waals surface area contributed by atoms with Crippen LogP contribution in [0.4, 0.5) is 11.8 Å². The van der Waals surface area contributed by atoms with Crippen LogP contribution >= 0.6 is 0 Å². The van der Waals surface area contributed by atoms with Gasteiger partial charge in [-0.25, -0.2) is 9.30 Å². The standard InChI is InChI=1S/C9H10N5O/c10-7-6-8(12-9(11)14(7)15)13-4-2-1-3-5-13/h1-6H,10H2,(H2,11,12)/q+1. The largest absolute Gasteiger partial charge is 0.754 e. The topological polar surface area (TPSA) is 95.8 Å². The normalized spacial score (nSPS) is 10.1. The predicted molar refractivity (Wildman–Crippen MR) is 53.6 cm³/mol. The van der Waals surface area contributed by atoms with Crippen LogP contribution in [0.25, 0.3) is 5.82 Å². The average molecular weight is 204 g/mol. The van der Waals surface area contributed by atoms with Crippen LogP contribution in [0, 0.1) is 5.21 Å². The summed E-state index contributed by atoms with van der Waals surface area (Å²) in [7, 11) is 0. The van der Waals surface area contributed by atoms with E-state index in [1.54, 1.807) is 17.0 Å². The van der Waals surface area contributed by atoms with E-state index in [1.165, 1.54) is 6.07 Å². The van der Waals surface area contributed by atoms with Crippen molar-refractivity contribution < 1.29 is 9.30 Å². The summed E-state index contributed by atoms with van der Waals surface area (Å²) in [5.74, 6) is 0.368. The molecule has 0 bridgehead atoms. The summed E-state index contributed by atoms with van der Waals surface area (Å²) in [5.41, 5.74) is 10.9. The molecule has 0 unspecified atom stereocenters. The van der Waals surface area contributed by atoms with E-state index in [2.05, 4.69) is 4.98 Å². The van der Waals surface area contributed by atoms with Gasteiger partial charge >= 0.3 is 5.95 Å². The van der Waals surface area contributed by atoms with Gasteiger partial charge in [-0.3, -0.25) is 0 Å². The fraction of sp³-hybridized carbons (Fsp3) is 0. The molecule has 0 aliphatic heterocycles. The number of nitrogens with two attached hydrogens (primary N) is 2. The van der Waals surface area contributed by atoms with Gasteiger partial charge in [0.15, 0.2) is 5.82 Å². The molecule has 0 aromatic carbocycles. The van der Waals surface area contributed by atoms with E-state index >= 15 is 0 Å². The lowest BCUT2D eigenvalue weighted by Crippen LogP contribution is -2.39. The fourth-order valence-electron chi connectivity index (χ4n) is 1.20. The van der Waals surface area contributed by atoms with Crippen LogP contribution in [0.5, 0.6) is 0 Å². The molecule has 2 aromatic rings. The number of nitrogen functional groups attached to an aromatic ring is 2. The number of hydrogen-bond acceptors (Lipinski definition) is 4. The Labute approximate surface area is 86.0 Å². The van der Waals surface area contributed by atoms with Gasteiger partial charge in [0, 0.05) is 0 Å². The first-order valence-corrected chi connectivity index (χ1v) is 4.31. The highest BCUT2D eigenvalue weighted by Crippen LogP contribution is 2.01. The van der Waals surface area contributed by atoms with E-state index in [-0.39, 0.29) is 11.8 Å². The summed E-state index contributed by atoms with van der Waals surface area (Å²) < 4.78 is 2.10. The van der Waals surface area contributed by atoms with Gasteiger partial charge in [-0.1, -0.05) is 11.1 Å². The second-order valence-electron chi connectivity index (χ2n) is 2.97. The van der Waals surface area contributed by atoms with Crippen LogP contribution in [0.3, 0.4) is 0 Å². The van der Waals surface area contributed by atoms with Gasteiger partial charge in [0.05, 0.1) is 18.5 Å². The van der Waals surface area contributed by atoms with Crippen molar-refractivity contribution in [1.82, 2.24) is 4.98 Å². The van der Waals surface area contributed by atoms with E-state index in [1.807, 2.05) is 18.2 Å². The van der Waals surface area contributed by atoms with Crippen LogP contribution < -0.4 is 20.8 Å². The van der Waals surface area contributed by atoms with Gasteiger partial charge in [-0.15, -0.1) is 0 Å². The number of nitrogens with zero attached hydrogens (tertiary/aromatic N) is 3. The molecular formula is C9H10N5O+. The van der Waals surface area contributed by atoms with E-state index in [0.29, 0.717) is 10.5 Å². The Bertz CT molecular complexity index is 462. The van der Waals surface area contributed by atoms with Crippen LogP contribution in [0.2, 0.25) is 0 Å². The summed E-state index contributed by atoms with van der Waals surface area (Å²) in [6.07, 6.45) is 3.58. The Morgan fingerprint density at radius 2 is 1.80 bits per heavy atom. The van der Waals surface area contributed by atoms with Crippen LogP contribution in [-0.4, -0.2) is 4.98 Å². The third-order valence-corrected chi connectivity index (χ3v) is 1.93. The molecule has 2 heterocycles. The minimum Gasteiger partial charge on any atom is -0.754 e. The number of anilines is 2. The molecule has 0 atom stereocenters. The molecule has 2 aromatic heterocycles. The highest BCUT2D eigenvalue weighted by Gasteiger charge is 2.11. The van der Waals surface area contributed by atoms with Crippen molar-refractivity contribution in [2.45, 2.75) is 0 Å². The Hall–Kier alpha value is -2.37. The molecule has 6 heteroatoms. The third-order valence-electron chi connectivity index (χ3n) is 1.93. The van der Waals surface area contributed by atoms with Crippen molar-refractivity contribution in [3.8, 4) is 5.82 Å². The minimum absolute atomic E-state index is 0.0221. The first-order chi connectivity index (χ1) is 7.18. The van der Waals surface area contributed by atoms with Crippen molar-refractivity contribution in [3.05, 3.63) is 41.9 Å². The van der Waals surface area contributed by atoms with Crippen LogP contribution in [-0.2, 0) is 0 Å². The number of pyridine rings is 1. The molecule has 0 fully saturated rings. The van der Waals surface area contributed by atoms with E-state index in [9.17, 15) is 5.21 Å². The van der Waals surface area contributed by atoms with Crippen molar-refractivity contribution in [2.24, 2.45) is 0 Å². The number of hydrogen-bond donors (Lipinski definition) is 2. The van der Waals surface area contributed by atoms with Crippen molar-refractivity contribution in [2.75, 3.05) is 11.5 Å². The lowest BCUT2D eigenvalue weighted by atomic mass is 10.4. The Balaban J connectivity index is 2.56. The molecule has 0 radical (unpaired) electrons. The molecular weight excluding hydrogens is 194 g/mol. The quantitative estimate of drug-likeness (QED) is 0.467. The zero-order chi connectivity index (χ0) is 10.8. The molecule has 15 heavy (non-hydrogen) atoms. The molecule has 0 spiro atoms. The van der Waals surface area contributed by atoms with Gasteiger partial charge in [0.1, 0.15) is 0 Å². The molecule has 0 aliphatic rings. The Morgan fingerprint density at radius 1 is 1.13 bits per heavy atom. The summed E-state index contributed by atoms with van der Waals surface area (Å²) in [4.78, 5) is 3.92. The van der Waals surface area contributed by atoms with Gasteiger partial charge in [-0.05, 0) is 12.1 Å². The van der Waals surface area contributed by atoms with Gasteiger partial charge in [0.25, 0.3) is 5.82 Å². The molecule has 0 amide bonds. The molecule has 2 rings (SSSR count). The number of aromatic nitrogens is 3. The van der Waals surface area contributed by atoms with Crippen LogP contribution in [0.15, 0.2) is 36.7 Å². The number of rotatable bonds is 1. The zero-order valence-electron chi connectivity index (χ0n) is 7.87. The van der Waals surface area contributed by atoms with E-state index in [0.717, 1.165) is 0 Å². The summed E-state index contributed by atoms with van der Waals surface area (Å²) in [5, 5.41) is 11.1. The zero-order valence-corrected chi connectivity index (χ0v) is 7.87. The van der Waals surface area contributed by atoms with Crippen molar-refractivity contribution in [1.29, 1.82) is 0 Å². The molecule has 0 aliphatic carbocycles. The molecule has 6 nitrogen and oxygen atoms in total. The average Bonchev–Trinajstić information content (AvgIpc) is 2.26. The molecule has 0 saturated heterocycles. The summed E-state index contributed by atoms with van der Waals surface area (Å²) >= 11 is 0. The maximum Gasteiger partial charge on any atom is 0.348 e. The fourth-order valence-corrected chi connectivity index (χ4v) is 1.20. The third kappa shape index (κ3) is 1.64. The first-order valence-electron chi connectivity index (χ1n) is 4.31. The monoisotopic (exact) mass is 204 g/mol. The van der Waals surface area contributed by atoms with Crippen molar-refractivity contribution in [3.63, 3.8) is 0 Å². The molecule has 0 saturated carbocycles. The van der Waals surface area contributed by atoms with E-state index in [4.69, 9.17) is 11.5 Å². The minimum atomic E-state index is -0.165.